The molecule has 2 heterocycles. The lowest BCUT2D eigenvalue weighted by Gasteiger charge is -2.04. The molecule has 2 aromatic heterocycles. The van der Waals surface area contributed by atoms with E-state index < -0.39 is 0 Å². The van der Waals surface area contributed by atoms with Crippen molar-refractivity contribution in [1.82, 2.24) is 19.9 Å². The standard InChI is InChI=1S/C15H13BrN4O/c16-12-6-4-11(5-7-12)15(21)17-9-8-14-19-18-13-3-1-2-10-20(13)14/h1-7,10H,8-9H2,(H,17,21). The third-order valence-electron chi connectivity index (χ3n) is 3.12. The molecule has 6 heteroatoms. The summed E-state index contributed by atoms with van der Waals surface area (Å²) >= 11 is 3.35. The van der Waals surface area contributed by atoms with Crippen LogP contribution < -0.4 is 5.32 Å². The van der Waals surface area contributed by atoms with Crippen LogP contribution in [0.2, 0.25) is 0 Å². The van der Waals surface area contributed by atoms with Crippen molar-refractivity contribution in [2.24, 2.45) is 0 Å². The van der Waals surface area contributed by atoms with Gasteiger partial charge in [0.1, 0.15) is 5.82 Å². The molecule has 0 unspecified atom stereocenters. The summed E-state index contributed by atoms with van der Waals surface area (Å²) in [5.74, 6) is 0.748. The number of pyridine rings is 1. The summed E-state index contributed by atoms with van der Waals surface area (Å²) in [7, 11) is 0. The molecule has 0 saturated carbocycles. The molecule has 1 amide bonds. The number of carbonyl (C=O) groups excluding carboxylic acids is 1. The summed E-state index contributed by atoms with van der Waals surface area (Å²) in [6.45, 7) is 0.518. The molecule has 0 saturated heterocycles. The van der Waals surface area contributed by atoms with Crippen LogP contribution in [0.4, 0.5) is 0 Å². The molecular weight excluding hydrogens is 332 g/mol. The second-order valence-corrected chi connectivity index (χ2v) is 5.47. The van der Waals surface area contributed by atoms with Gasteiger partial charge in [0.2, 0.25) is 0 Å². The van der Waals surface area contributed by atoms with E-state index in [0.717, 1.165) is 15.9 Å². The van der Waals surface area contributed by atoms with Gasteiger partial charge in [-0.1, -0.05) is 22.0 Å². The zero-order chi connectivity index (χ0) is 14.7. The van der Waals surface area contributed by atoms with Crippen LogP contribution in [0, 0.1) is 0 Å². The second kappa shape index (κ2) is 6.05. The highest BCUT2D eigenvalue weighted by Gasteiger charge is 2.07. The van der Waals surface area contributed by atoms with Crippen molar-refractivity contribution in [2.75, 3.05) is 6.54 Å². The highest BCUT2D eigenvalue weighted by molar-refractivity contribution is 9.10. The molecule has 3 aromatic rings. The topological polar surface area (TPSA) is 59.3 Å². The highest BCUT2D eigenvalue weighted by Crippen LogP contribution is 2.10. The molecule has 0 aliphatic heterocycles. The van der Waals surface area contributed by atoms with Gasteiger partial charge in [-0.05, 0) is 36.4 Å². The number of carbonyl (C=O) groups is 1. The number of benzene rings is 1. The van der Waals surface area contributed by atoms with E-state index >= 15 is 0 Å². The Kier molecular flexibility index (Phi) is 3.96. The number of amides is 1. The maximum atomic E-state index is 12.0. The van der Waals surface area contributed by atoms with E-state index in [1.54, 1.807) is 12.1 Å². The van der Waals surface area contributed by atoms with Crippen molar-refractivity contribution in [3.05, 3.63) is 64.5 Å². The van der Waals surface area contributed by atoms with Crippen molar-refractivity contribution in [3.8, 4) is 0 Å². The molecule has 0 spiro atoms. The van der Waals surface area contributed by atoms with Crippen LogP contribution >= 0.6 is 15.9 Å². The van der Waals surface area contributed by atoms with Crippen LogP contribution in [0.5, 0.6) is 0 Å². The number of rotatable bonds is 4. The number of nitrogens with one attached hydrogen (secondary N) is 1. The highest BCUT2D eigenvalue weighted by atomic mass is 79.9. The van der Waals surface area contributed by atoms with Crippen LogP contribution in [0.3, 0.4) is 0 Å². The Bertz CT molecular complexity index is 767. The lowest BCUT2D eigenvalue weighted by atomic mass is 10.2. The normalized spacial score (nSPS) is 10.7. The molecule has 0 fully saturated rings. The number of fused-ring (bicyclic) bond motifs is 1. The number of hydrogen-bond acceptors (Lipinski definition) is 3. The van der Waals surface area contributed by atoms with Gasteiger partial charge in [-0.3, -0.25) is 9.20 Å². The molecule has 0 aliphatic rings. The first-order valence-corrected chi connectivity index (χ1v) is 7.36. The molecule has 5 nitrogen and oxygen atoms in total. The predicted molar refractivity (Wildman–Crippen MR) is 83.2 cm³/mol. The van der Waals surface area contributed by atoms with E-state index in [1.807, 2.05) is 40.9 Å². The number of nitrogens with zero attached hydrogens (tertiary/aromatic N) is 3. The molecule has 3 rings (SSSR count). The third kappa shape index (κ3) is 3.11. The monoisotopic (exact) mass is 344 g/mol. The summed E-state index contributed by atoms with van der Waals surface area (Å²) < 4.78 is 2.88. The Balaban J connectivity index is 1.61. The van der Waals surface area contributed by atoms with Crippen LogP contribution in [-0.2, 0) is 6.42 Å². The maximum absolute atomic E-state index is 12.0. The van der Waals surface area contributed by atoms with E-state index in [1.165, 1.54) is 0 Å². The van der Waals surface area contributed by atoms with Gasteiger partial charge < -0.3 is 5.32 Å². The Labute approximate surface area is 130 Å². The Hall–Kier alpha value is -2.21. The Morgan fingerprint density at radius 2 is 1.95 bits per heavy atom. The third-order valence-corrected chi connectivity index (χ3v) is 3.65. The van der Waals surface area contributed by atoms with Gasteiger partial charge >= 0.3 is 0 Å². The average Bonchev–Trinajstić information content (AvgIpc) is 2.91. The summed E-state index contributed by atoms with van der Waals surface area (Å²) in [6.07, 6.45) is 2.55. The first kappa shape index (κ1) is 13.8. The van der Waals surface area contributed by atoms with Crippen molar-refractivity contribution in [2.45, 2.75) is 6.42 Å². The fraction of sp³-hybridized carbons (Fsp3) is 0.133. The SMILES string of the molecule is O=C(NCCc1nnc2ccccn12)c1ccc(Br)cc1. The molecule has 0 radical (unpaired) electrons. The zero-order valence-corrected chi connectivity index (χ0v) is 12.7. The van der Waals surface area contributed by atoms with E-state index in [-0.39, 0.29) is 5.91 Å². The lowest BCUT2D eigenvalue weighted by Crippen LogP contribution is -2.26. The summed E-state index contributed by atoms with van der Waals surface area (Å²) in [4.78, 5) is 12.0. The summed E-state index contributed by atoms with van der Waals surface area (Å²) in [5, 5.41) is 11.1. The van der Waals surface area contributed by atoms with Crippen molar-refractivity contribution in [1.29, 1.82) is 0 Å². The average molecular weight is 345 g/mol. The summed E-state index contributed by atoms with van der Waals surface area (Å²) in [6, 6.07) is 13.0. The second-order valence-electron chi connectivity index (χ2n) is 4.56. The largest absolute Gasteiger partial charge is 0.352 e. The first-order valence-electron chi connectivity index (χ1n) is 6.56. The smallest absolute Gasteiger partial charge is 0.251 e. The number of halogens is 1. The van der Waals surface area contributed by atoms with Gasteiger partial charge in [-0.15, -0.1) is 10.2 Å². The van der Waals surface area contributed by atoms with Gasteiger partial charge in [-0.2, -0.15) is 0 Å². The summed E-state index contributed by atoms with van der Waals surface area (Å²) in [5.41, 5.74) is 1.45. The molecule has 1 aromatic carbocycles. The van der Waals surface area contributed by atoms with E-state index in [9.17, 15) is 4.79 Å². The van der Waals surface area contributed by atoms with E-state index in [2.05, 4.69) is 31.4 Å². The molecule has 21 heavy (non-hydrogen) atoms. The predicted octanol–water partition coefficient (Wildman–Crippen LogP) is 2.46. The van der Waals surface area contributed by atoms with Gasteiger partial charge in [0.05, 0.1) is 0 Å². The van der Waals surface area contributed by atoms with Gasteiger partial charge in [-0.25, -0.2) is 0 Å². The van der Waals surface area contributed by atoms with Crippen LogP contribution in [0.15, 0.2) is 53.1 Å². The van der Waals surface area contributed by atoms with Crippen LogP contribution in [0.25, 0.3) is 5.65 Å². The van der Waals surface area contributed by atoms with Gasteiger partial charge in [0, 0.05) is 29.2 Å². The molecule has 0 aliphatic carbocycles. The van der Waals surface area contributed by atoms with Gasteiger partial charge in [0.25, 0.3) is 5.91 Å². The molecule has 0 bridgehead atoms. The van der Waals surface area contributed by atoms with Crippen molar-refractivity contribution < 1.29 is 4.79 Å². The molecular formula is C15H13BrN4O. The van der Waals surface area contributed by atoms with Crippen molar-refractivity contribution in [3.63, 3.8) is 0 Å². The minimum Gasteiger partial charge on any atom is -0.352 e. The minimum atomic E-state index is -0.0867. The van der Waals surface area contributed by atoms with Crippen LogP contribution in [-0.4, -0.2) is 27.0 Å². The van der Waals surface area contributed by atoms with Gasteiger partial charge in [0.15, 0.2) is 5.65 Å². The van der Waals surface area contributed by atoms with Crippen LogP contribution in [0.1, 0.15) is 16.2 Å². The number of aromatic nitrogens is 3. The molecule has 106 valence electrons. The Morgan fingerprint density at radius 1 is 1.14 bits per heavy atom. The molecule has 0 atom stereocenters. The minimum absolute atomic E-state index is 0.0867. The fourth-order valence-corrected chi connectivity index (χ4v) is 2.32. The number of hydrogen-bond donors (Lipinski definition) is 1. The maximum Gasteiger partial charge on any atom is 0.251 e. The lowest BCUT2D eigenvalue weighted by molar-refractivity contribution is 0.0954. The van der Waals surface area contributed by atoms with Crippen molar-refractivity contribution >= 4 is 27.5 Å². The van der Waals surface area contributed by atoms with E-state index in [4.69, 9.17) is 0 Å². The first-order chi connectivity index (χ1) is 10.2. The quantitative estimate of drug-likeness (QED) is 0.790. The fourth-order valence-electron chi connectivity index (χ4n) is 2.05. The van der Waals surface area contributed by atoms with E-state index in [0.29, 0.717) is 18.5 Å². The Morgan fingerprint density at radius 3 is 2.76 bits per heavy atom. The molecule has 1 N–H and O–H groups in total. The zero-order valence-electron chi connectivity index (χ0n) is 11.2.